The molecule has 4 nitrogen and oxygen atoms in total. The first-order chi connectivity index (χ1) is 10.5. The van der Waals surface area contributed by atoms with Crippen molar-refractivity contribution in [1.29, 1.82) is 0 Å². The van der Waals surface area contributed by atoms with Gasteiger partial charge in [-0.3, -0.25) is 9.59 Å². The van der Waals surface area contributed by atoms with Crippen LogP contribution in [0.4, 0.5) is 11.4 Å². The molecule has 0 aliphatic heterocycles. The second-order valence-corrected chi connectivity index (χ2v) is 5.71. The summed E-state index contributed by atoms with van der Waals surface area (Å²) in [5.74, 6) is -1.22. The van der Waals surface area contributed by atoms with E-state index in [1.54, 1.807) is 18.2 Å². The molecule has 0 aromatic heterocycles. The van der Waals surface area contributed by atoms with Gasteiger partial charge >= 0.3 is 11.8 Å². The highest BCUT2D eigenvalue weighted by Gasteiger charge is 2.22. The van der Waals surface area contributed by atoms with Gasteiger partial charge in [0.25, 0.3) is 0 Å². The lowest BCUT2D eigenvalue weighted by Gasteiger charge is -2.20. The number of nitrogens with one attached hydrogen (secondary N) is 1. The van der Waals surface area contributed by atoms with Crippen molar-refractivity contribution in [3.05, 3.63) is 58.6 Å². The standard InChI is InChI=1S/C17H17BrN2O2/c1-3-20(14-7-5-4-6-8-14)17(22)16(21)19-15-10-9-13(18)11-12(15)2/h4-11H,3H2,1-2H3,(H,19,21). The number of carbonyl (C=O) groups is 2. The van der Waals surface area contributed by atoms with Crippen LogP contribution in [0.15, 0.2) is 53.0 Å². The van der Waals surface area contributed by atoms with E-state index >= 15 is 0 Å². The Kier molecular flexibility index (Phi) is 5.33. The van der Waals surface area contributed by atoms with Crippen LogP contribution in [0, 0.1) is 6.92 Å². The van der Waals surface area contributed by atoms with E-state index in [1.165, 1.54) is 4.90 Å². The van der Waals surface area contributed by atoms with Gasteiger partial charge in [0, 0.05) is 22.4 Å². The maximum Gasteiger partial charge on any atom is 0.316 e. The predicted molar refractivity (Wildman–Crippen MR) is 92.0 cm³/mol. The molecule has 0 saturated carbocycles. The van der Waals surface area contributed by atoms with Gasteiger partial charge in [-0.2, -0.15) is 0 Å². The summed E-state index contributed by atoms with van der Waals surface area (Å²) in [6.07, 6.45) is 0. The van der Waals surface area contributed by atoms with Crippen molar-refractivity contribution in [2.75, 3.05) is 16.8 Å². The van der Waals surface area contributed by atoms with Crippen LogP contribution in [-0.2, 0) is 9.59 Å². The topological polar surface area (TPSA) is 49.4 Å². The van der Waals surface area contributed by atoms with Crippen molar-refractivity contribution in [1.82, 2.24) is 0 Å². The first kappa shape index (κ1) is 16.2. The molecule has 2 aromatic carbocycles. The van der Waals surface area contributed by atoms with Crippen LogP contribution in [0.3, 0.4) is 0 Å². The van der Waals surface area contributed by atoms with Gasteiger partial charge < -0.3 is 10.2 Å². The highest BCUT2D eigenvalue weighted by Crippen LogP contribution is 2.20. The van der Waals surface area contributed by atoms with Crippen LogP contribution in [0.5, 0.6) is 0 Å². The van der Waals surface area contributed by atoms with E-state index in [0.717, 1.165) is 10.0 Å². The molecular weight excluding hydrogens is 344 g/mol. The molecular formula is C17H17BrN2O2. The molecule has 0 atom stereocenters. The van der Waals surface area contributed by atoms with E-state index in [0.29, 0.717) is 17.9 Å². The smallest absolute Gasteiger partial charge is 0.316 e. The third kappa shape index (κ3) is 3.74. The van der Waals surface area contributed by atoms with Gasteiger partial charge in [-0.1, -0.05) is 34.1 Å². The van der Waals surface area contributed by atoms with Crippen molar-refractivity contribution in [2.24, 2.45) is 0 Å². The van der Waals surface area contributed by atoms with Crippen molar-refractivity contribution < 1.29 is 9.59 Å². The molecule has 0 fully saturated rings. The highest BCUT2D eigenvalue weighted by molar-refractivity contribution is 9.10. The molecule has 0 aliphatic rings. The summed E-state index contributed by atoms with van der Waals surface area (Å²) in [6, 6.07) is 14.6. The Bertz CT molecular complexity index is 686. The zero-order chi connectivity index (χ0) is 16.1. The average molecular weight is 361 g/mol. The summed E-state index contributed by atoms with van der Waals surface area (Å²) in [7, 11) is 0. The number of carbonyl (C=O) groups excluding carboxylic acids is 2. The van der Waals surface area contributed by atoms with Crippen LogP contribution < -0.4 is 10.2 Å². The minimum Gasteiger partial charge on any atom is -0.318 e. The number of hydrogen-bond donors (Lipinski definition) is 1. The lowest BCUT2D eigenvalue weighted by atomic mass is 10.2. The first-order valence-corrected chi connectivity index (χ1v) is 7.76. The van der Waals surface area contributed by atoms with E-state index in [2.05, 4.69) is 21.2 Å². The molecule has 0 aliphatic carbocycles. The summed E-state index contributed by atoms with van der Waals surface area (Å²) in [5, 5.41) is 2.67. The van der Waals surface area contributed by atoms with Crippen molar-refractivity contribution >= 4 is 39.1 Å². The number of rotatable bonds is 3. The minimum atomic E-state index is -0.642. The Balaban J connectivity index is 2.16. The molecule has 0 heterocycles. The Morgan fingerprint density at radius 2 is 1.82 bits per heavy atom. The molecule has 0 radical (unpaired) electrons. The number of amides is 2. The molecule has 2 rings (SSSR count). The first-order valence-electron chi connectivity index (χ1n) is 6.97. The van der Waals surface area contributed by atoms with Crippen LogP contribution in [0.25, 0.3) is 0 Å². The van der Waals surface area contributed by atoms with Gasteiger partial charge in [-0.15, -0.1) is 0 Å². The summed E-state index contributed by atoms with van der Waals surface area (Å²) >= 11 is 3.37. The Morgan fingerprint density at radius 3 is 2.41 bits per heavy atom. The molecule has 2 amide bonds. The minimum absolute atomic E-state index is 0.426. The quantitative estimate of drug-likeness (QED) is 0.847. The molecule has 2 aromatic rings. The van der Waals surface area contributed by atoms with Crippen LogP contribution in [0.1, 0.15) is 12.5 Å². The lowest BCUT2D eigenvalue weighted by Crippen LogP contribution is -2.39. The lowest BCUT2D eigenvalue weighted by molar-refractivity contribution is -0.134. The summed E-state index contributed by atoms with van der Waals surface area (Å²) in [5.41, 5.74) is 2.22. The number of para-hydroxylation sites is 1. The maximum atomic E-state index is 12.4. The molecule has 5 heteroatoms. The van der Waals surface area contributed by atoms with E-state index < -0.39 is 11.8 Å². The summed E-state index contributed by atoms with van der Waals surface area (Å²) in [4.78, 5) is 26.0. The third-order valence-corrected chi connectivity index (χ3v) is 3.75. The second kappa shape index (κ2) is 7.22. The normalized spacial score (nSPS) is 10.1. The largest absolute Gasteiger partial charge is 0.318 e. The zero-order valence-electron chi connectivity index (χ0n) is 12.5. The number of benzene rings is 2. The summed E-state index contributed by atoms with van der Waals surface area (Å²) < 4.78 is 0.925. The van der Waals surface area contributed by atoms with Gasteiger partial charge in [0.15, 0.2) is 0 Å². The van der Waals surface area contributed by atoms with Gasteiger partial charge in [0.05, 0.1) is 0 Å². The Labute approximate surface area is 138 Å². The van der Waals surface area contributed by atoms with Crippen molar-refractivity contribution in [3.8, 4) is 0 Å². The van der Waals surface area contributed by atoms with Crippen molar-refractivity contribution in [2.45, 2.75) is 13.8 Å². The monoisotopic (exact) mass is 360 g/mol. The molecule has 114 valence electrons. The molecule has 0 saturated heterocycles. The Morgan fingerprint density at radius 1 is 1.14 bits per heavy atom. The predicted octanol–water partition coefficient (Wildman–Crippen LogP) is 3.75. The number of hydrogen-bond acceptors (Lipinski definition) is 2. The van der Waals surface area contributed by atoms with E-state index in [9.17, 15) is 9.59 Å². The number of likely N-dealkylation sites (N-methyl/N-ethyl adjacent to an activating group) is 1. The van der Waals surface area contributed by atoms with E-state index in [4.69, 9.17) is 0 Å². The number of aryl methyl sites for hydroxylation is 1. The van der Waals surface area contributed by atoms with E-state index in [-0.39, 0.29) is 0 Å². The summed E-state index contributed by atoms with van der Waals surface area (Å²) in [6.45, 7) is 4.14. The van der Waals surface area contributed by atoms with Crippen LogP contribution >= 0.6 is 15.9 Å². The third-order valence-electron chi connectivity index (χ3n) is 3.26. The Hall–Kier alpha value is -2.14. The highest BCUT2D eigenvalue weighted by atomic mass is 79.9. The second-order valence-electron chi connectivity index (χ2n) is 4.80. The van der Waals surface area contributed by atoms with E-state index in [1.807, 2.05) is 44.2 Å². The molecule has 0 bridgehead atoms. The van der Waals surface area contributed by atoms with Gasteiger partial charge in [0.2, 0.25) is 0 Å². The molecule has 0 spiro atoms. The van der Waals surface area contributed by atoms with Gasteiger partial charge in [-0.05, 0) is 49.7 Å². The van der Waals surface area contributed by atoms with Crippen molar-refractivity contribution in [3.63, 3.8) is 0 Å². The van der Waals surface area contributed by atoms with Crippen LogP contribution in [-0.4, -0.2) is 18.4 Å². The molecule has 0 unspecified atom stereocenters. The number of nitrogens with zero attached hydrogens (tertiary/aromatic N) is 1. The van der Waals surface area contributed by atoms with Gasteiger partial charge in [-0.25, -0.2) is 0 Å². The fraction of sp³-hybridized carbons (Fsp3) is 0.176. The fourth-order valence-electron chi connectivity index (χ4n) is 2.12. The molecule has 22 heavy (non-hydrogen) atoms. The average Bonchev–Trinajstić information content (AvgIpc) is 2.51. The molecule has 1 N–H and O–H groups in total. The number of halogens is 1. The fourth-order valence-corrected chi connectivity index (χ4v) is 2.59. The SMILES string of the molecule is CCN(C(=O)C(=O)Nc1ccc(Br)cc1C)c1ccccc1. The van der Waals surface area contributed by atoms with Gasteiger partial charge in [0.1, 0.15) is 0 Å². The van der Waals surface area contributed by atoms with Crippen LogP contribution in [0.2, 0.25) is 0 Å². The number of anilines is 2. The maximum absolute atomic E-state index is 12.4. The zero-order valence-corrected chi connectivity index (χ0v) is 14.1.